The van der Waals surface area contributed by atoms with Gasteiger partial charge in [0, 0.05) is 0 Å². The first kappa shape index (κ1) is 18.8. The summed E-state index contributed by atoms with van der Waals surface area (Å²) in [6.45, 7) is 5.54. The molecule has 1 atom stereocenters. The predicted molar refractivity (Wildman–Crippen MR) is 99.1 cm³/mol. The number of halogens is 1. The van der Waals surface area contributed by atoms with Gasteiger partial charge in [-0.15, -0.1) is 0 Å². The number of hydrogen-bond acceptors (Lipinski definition) is 3. The average Bonchev–Trinajstić information content (AvgIpc) is 2.57. The minimum atomic E-state index is -0.755. The number of carbonyl (C=O) groups is 2. The molecule has 0 radical (unpaired) electrons. The van der Waals surface area contributed by atoms with Gasteiger partial charge in [0.15, 0.2) is 0 Å². The van der Waals surface area contributed by atoms with Gasteiger partial charge in [-0.2, -0.15) is 0 Å². The summed E-state index contributed by atoms with van der Waals surface area (Å²) < 4.78 is 5.10. The summed E-state index contributed by atoms with van der Waals surface area (Å²) in [7, 11) is 1.59. The molecule has 0 aliphatic rings. The summed E-state index contributed by atoms with van der Waals surface area (Å²) in [5.74, 6) is -0.752. The Kier molecular flexibility index (Phi) is 6.04. The van der Waals surface area contributed by atoms with Gasteiger partial charge in [-0.3, -0.25) is 9.59 Å². The van der Waals surface area contributed by atoms with Crippen LogP contribution >= 0.6 is 11.6 Å². The van der Waals surface area contributed by atoms with E-state index in [-0.39, 0.29) is 6.04 Å². The molecule has 0 aromatic heterocycles. The van der Waals surface area contributed by atoms with Gasteiger partial charge in [0.25, 0.3) is 0 Å². The molecule has 2 amide bonds. The van der Waals surface area contributed by atoms with E-state index in [4.69, 9.17) is 16.3 Å². The van der Waals surface area contributed by atoms with Gasteiger partial charge in [-0.1, -0.05) is 29.8 Å². The SMILES string of the molecule is COc1ccc(C(C)NC(=O)C(=O)Nc2c(C)cc(C)cc2Cl)cc1. The van der Waals surface area contributed by atoms with Gasteiger partial charge in [-0.25, -0.2) is 0 Å². The van der Waals surface area contributed by atoms with Crippen LogP contribution in [0.1, 0.15) is 29.7 Å². The summed E-state index contributed by atoms with van der Waals surface area (Å²) >= 11 is 6.16. The first-order valence-electron chi connectivity index (χ1n) is 7.84. The van der Waals surface area contributed by atoms with Crippen molar-refractivity contribution in [2.24, 2.45) is 0 Å². The van der Waals surface area contributed by atoms with Crippen LogP contribution in [0.3, 0.4) is 0 Å². The fourth-order valence-corrected chi connectivity index (χ4v) is 2.85. The summed E-state index contributed by atoms with van der Waals surface area (Å²) in [5.41, 5.74) is 3.10. The molecule has 2 rings (SSSR count). The van der Waals surface area contributed by atoms with E-state index in [0.717, 1.165) is 22.4 Å². The Hall–Kier alpha value is -2.53. The number of methoxy groups -OCH3 is 1. The van der Waals surface area contributed by atoms with Gasteiger partial charge in [0.1, 0.15) is 5.75 Å². The zero-order valence-electron chi connectivity index (χ0n) is 14.6. The summed E-state index contributed by atoms with van der Waals surface area (Å²) in [6.07, 6.45) is 0. The van der Waals surface area contributed by atoms with Crippen molar-refractivity contribution >= 4 is 29.1 Å². The van der Waals surface area contributed by atoms with Crippen LogP contribution in [-0.4, -0.2) is 18.9 Å². The Labute approximate surface area is 152 Å². The van der Waals surface area contributed by atoms with Gasteiger partial charge in [0.2, 0.25) is 0 Å². The highest BCUT2D eigenvalue weighted by Gasteiger charge is 2.19. The highest BCUT2D eigenvalue weighted by Crippen LogP contribution is 2.27. The molecule has 0 spiro atoms. The number of rotatable bonds is 4. The van der Waals surface area contributed by atoms with Crippen molar-refractivity contribution < 1.29 is 14.3 Å². The molecule has 2 aromatic carbocycles. The lowest BCUT2D eigenvalue weighted by Gasteiger charge is -2.15. The Bertz CT molecular complexity index is 765. The number of hydrogen-bond donors (Lipinski definition) is 2. The molecule has 1 unspecified atom stereocenters. The molecule has 25 heavy (non-hydrogen) atoms. The first-order chi connectivity index (χ1) is 11.8. The lowest BCUT2D eigenvalue weighted by Crippen LogP contribution is -2.37. The van der Waals surface area contributed by atoms with Crippen molar-refractivity contribution in [1.29, 1.82) is 0 Å². The van der Waals surface area contributed by atoms with E-state index in [1.165, 1.54) is 0 Å². The van der Waals surface area contributed by atoms with E-state index in [9.17, 15) is 9.59 Å². The number of nitrogens with one attached hydrogen (secondary N) is 2. The maximum absolute atomic E-state index is 12.2. The lowest BCUT2D eigenvalue weighted by atomic mass is 10.1. The molecule has 0 fully saturated rings. The Morgan fingerprint density at radius 3 is 2.28 bits per heavy atom. The number of benzene rings is 2. The van der Waals surface area contributed by atoms with E-state index >= 15 is 0 Å². The lowest BCUT2D eigenvalue weighted by molar-refractivity contribution is -0.136. The number of amides is 2. The molecule has 2 N–H and O–H groups in total. The van der Waals surface area contributed by atoms with Crippen molar-refractivity contribution in [3.8, 4) is 5.75 Å². The second-order valence-electron chi connectivity index (χ2n) is 5.86. The molecule has 0 aliphatic carbocycles. The van der Waals surface area contributed by atoms with Crippen LogP contribution < -0.4 is 15.4 Å². The molecule has 2 aromatic rings. The van der Waals surface area contributed by atoms with Crippen molar-refractivity contribution in [3.63, 3.8) is 0 Å². The zero-order valence-corrected chi connectivity index (χ0v) is 15.4. The Morgan fingerprint density at radius 2 is 1.72 bits per heavy atom. The van der Waals surface area contributed by atoms with Crippen LogP contribution in [0.2, 0.25) is 5.02 Å². The molecular weight excluding hydrogens is 340 g/mol. The number of anilines is 1. The summed E-state index contributed by atoms with van der Waals surface area (Å²) in [4.78, 5) is 24.3. The van der Waals surface area contributed by atoms with E-state index < -0.39 is 11.8 Å². The second-order valence-corrected chi connectivity index (χ2v) is 6.27. The zero-order chi connectivity index (χ0) is 18.6. The molecular formula is C19H21ClN2O3. The van der Waals surface area contributed by atoms with Crippen molar-refractivity contribution in [3.05, 3.63) is 58.1 Å². The number of aryl methyl sites for hydroxylation is 2. The Balaban J connectivity index is 2.03. The average molecular weight is 361 g/mol. The topological polar surface area (TPSA) is 67.4 Å². The standard InChI is InChI=1S/C19H21ClN2O3/c1-11-9-12(2)17(16(20)10-11)22-19(24)18(23)21-13(3)14-5-7-15(25-4)8-6-14/h5-10,13H,1-4H3,(H,21,23)(H,22,24). The van der Waals surface area contributed by atoms with Crippen LogP contribution in [0.15, 0.2) is 36.4 Å². The molecule has 0 saturated carbocycles. The fraction of sp³-hybridized carbons (Fsp3) is 0.263. The molecule has 0 saturated heterocycles. The molecule has 132 valence electrons. The second kappa shape index (κ2) is 8.03. The van der Waals surface area contributed by atoms with Crippen LogP contribution in [0.25, 0.3) is 0 Å². The monoisotopic (exact) mass is 360 g/mol. The summed E-state index contributed by atoms with van der Waals surface area (Å²) in [6, 6.07) is 10.6. The summed E-state index contributed by atoms with van der Waals surface area (Å²) in [5, 5.41) is 5.65. The quantitative estimate of drug-likeness (QED) is 0.815. The predicted octanol–water partition coefficient (Wildman–Crippen LogP) is 3.78. The van der Waals surface area contributed by atoms with Gasteiger partial charge in [-0.05, 0) is 55.7 Å². The molecule has 6 heteroatoms. The molecule has 0 aliphatic heterocycles. The van der Waals surface area contributed by atoms with Crippen LogP contribution in [0.5, 0.6) is 5.75 Å². The highest BCUT2D eigenvalue weighted by molar-refractivity contribution is 6.41. The highest BCUT2D eigenvalue weighted by atomic mass is 35.5. The number of carbonyl (C=O) groups excluding carboxylic acids is 2. The van der Waals surface area contributed by atoms with Crippen molar-refractivity contribution in [1.82, 2.24) is 5.32 Å². The fourth-order valence-electron chi connectivity index (χ4n) is 2.48. The minimum absolute atomic E-state index is 0.321. The van der Waals surface area contributed by atoms with E-state index in [1.54, 1.807) is 32.2 Å². The largest absolute Gasteiger partial charge is 0.497 e. The van der Waals surface area contributed by atoms with Crippen molar-refractivity contribution in [2.45, 2.75) is 26.8 Å². The third kappa shape index (κ3) is 4.73. The van der Waals surface area contributed by atoms with Crippen LogP contribution in [0, 0.1) is 13.8 Å². The maximum atomic E-state index is 12.2. The van der Waals surface area contributed by atoms with E-state index in [1.807, 2.05) is 32.0 Å². The van der Waals surface area contributed by atoms with Crippen LogP contribution in [0.4, 0.5) is 5.69 Å². The minimum Gasteiger partial charge on any atom is -0.497 e. The maximum Gasteiger partial charge on any atom is 0.313 e. The molecule has 0 heterocycles. The van der Waals surface area contributed by atoms with Gasteiger partial charge < -0.3 is 15.4 Å². The van der Waals surface area contributed by atoms with E-state index in [2.05, 4.69) is 10.6 Å². The normalized spacial score (nSPS) is 11.6. The number of ether oxygens (including phenoxy) is 1. The third-order valence-electron chi connectivity index (χ3n) is 3.84. The Morgan fingerprint density at radius 1 is 1.08 bits per heavy atom. The first-order valence-corrected chi connectivity index (χ1v) is 8.22. The van der Waals surface area contributed by atoms with Gasteiger partial charge in [0.05, 0.1) is 23.9 Å². The van der Waals surface area contributed by atoms with E-state index in [0.29, 0.717) is 10.7 Å². The van der Waals surface area contributed by atoms with Gasteiger partial charge >= 0.3 is 11.8 Å². The third-order valence-corrected chi connectivity index (χ3v) is 4.14. The molecule has 0 bridgehead atoms. The smallest absolute Gasteiger partial charge is 0.313 e. The molecule has 5 nitrogen and oxygen atoms in total. The van der Waals surface area contributed by atoms with Crippen LogP contribution in [-0.2, 0) is 9.59 Å². The van der Waals surface area contributed by atoms with Crippen molar-refractivity contribution in [2.75, 3.05) is 12.4 Å².